The molecule has 0 fully saturated rings. The van der Waals surface area contributed by atoms with Crippen LogP contribution in [0.1, 0.15) is 102 Å². The van der Waals surface area contributed by atoms with Crippen LogP contribution < -0.4 is 5.32 Å². The van der Waals surface area contributed by atoms with Gasteiger partial charge in [-0.1, -0.05) is 34.1 Å². The quantitative estimate of drug-likeness (QED) is 0.0464. The zero-order valence-corrected chi connectivity index (χ0v) is 32.0. The Balaban J connectivity index is -0.000000410. The van der Waals surface area contributed by atoms with Crippen molar-refractivity contribution in [2.75, 3.05) is 86.0 Å². The third-order valence-electron chi connectivity index (χ3n) is 5.77. The van der Waals surface area contributed by atoms with Crippen LogP contribution in [0.2, 0.25) is 0 Å². The van der Waals surface area contributed by atoms with Crippen LogP contribution in [0.15, 0.2) is 0 Å². The molecule has 0 rings (SSSR count). The molecule has 1 amide bonds. The number of rotatable bonds is 30. The average molecular weight is 714 g/mol. The highest BCUT2D eigenvalue weighted by Gasteiger charge is 2.07. The van der Waals surface area contributed by atoms with Gasteiger partial charge in [-0.2, -0.15) is 0 Å². The lowest BCUT2D eigenvalue weighted by molar-refractivity contribution is -0.149. The fraction of sp³-hybridized carbons (Fsp3) is 0.886. The predicted octanol–water partition coefficient (Wildman–Crippen LogP) is 4.88. The minimum Gasteiger partial charge on any atom is -0.466 e. The van der Waals surface area contributed by atoms with E-state index >= 15 is 0 Å². The molecule has 0 aliphatic carbocycles. The molecule has 1 unspecified atom stereocenters. The zero-order valence-electron chi connectivity index (χ0n) is 32.0. The van der Waals surface area contributed by atoms with E-state index < -0.39 is 0 Å². The maximum Gasteiger partial charge on any atom is 0.308 e. The molecule has 0 heterocycles. The van der Waals surface area contributed by atoms with E-state index in [1.165, 1.54) is 6.42 Å². The second kappa shape index (κ2) is 40.1. The van der Waals surface area contributed by atoms with Crippen LogP contribution in [0, 0.1) is 5.92 Å². The van der Waals surface area contributed by atoms with Gasteiger partial charge in [-0.3, -0.25) is 19.2 Å². The number of amides is 1. The van der Waals surface area contributed by atoms with Crippen LogP contribution in [0.25, 0.3) is 0 Å². The summed E-state index contributed by atoms with van der Waals surface area (Å²) in [7, 11) is 0. The summed E-state index contributed by atoms with van der Waals surface area (Å²) in [5.41, 5.74) is 0. The Hall–Kier alpha value is -2.36. The Morgan fingerprint density at radius 3 is 1.51 bits per heavy atom. The summed E-state index contributed by atoms with van der Waals surface area (Å²) in [4.78, 5) is 44.9. The summed E-state index contributed by atoms with van der Waals surface area (Å²) >= 11 is 0. The number of hydrogen-bond acceptors (Lipinski definition) is 13. The van der Waals surface area contributed by atoms with E-state index in [0.717, 1.165) is 19.4 Å². The molecule has 49 heavy (non-hydrogen) atoms. The van der Waals surface area contributed by atoms with Gasteiger partial charge in [0.1, 0.15) is 13.3 Å². The molecule has 14 nitrogen and oxygen atoms in total. The Kier molecular flexibility index (Phi) is 41.7. The molecular weight excluding hydrogens is 642 g/mol. The maximum atomic E-state index is 11.5. The molecule has 0 radical (unpaired) electrons. The van der Waals surface area contributed by atoms with Gasteiger partial charge in [0, 0.05) is 21.2 Å². The summed E-state index contributed by atoms with van der Waals surface area (Å²) in [6.45, 7) is 22.3. The first kappa shape index (κ1) is 51.0. The van der Waals surface area contributed by atoms with Gasteiger partial charge in [-0.15, -0.1) is 0 Å². The van der Waals surface area contributed by atoms with Gasteiger partial charge in [0.25, 0.3) is 0 Å². The van der Waals surface area contributed by atoms with E-state index in [4.69, 9.17) is 42.6 Å². The number of carbonyl (C=O) groups excluding carboxylic acids is 4. The number of nitrogens with one attached hydrogen (secondary N) is 1. The highest BCUT2D eigenvalue weighted by molar-refractivity contribution is 5.77. The van der Waals surface area contributed by atoms with E-state index in [0.29, 0.717) is 65.4 Å². The van der Waals surface area contributed by atoms with E-state index in [-0.39, 0.29) is 76.7 Å². The lowest BCUT2D eigenvalue weighted by Gasteiger charge is -2.10. The minimum absolute atomic E-state index is 0. The lowest BCUT2D eigenvalue weighted by Crippen LogP contribution is -2.30. The van der Waals surface area contributed by atoms with Gasteiger partial charge in [0.2, 0.25) is 5.91 Å². The summed E-state index contributed by atoms with van der Waals surface area (Å²) < 4.78 is 46.4. The normalized spacial score (nSPS) is 11.2. The number of ether oxygens (including phenoxy) is 9. The smallest absolute Gasteiger partial charge is 0.308 e. The first-order valence-electron chi connectivity index (χ1n) is 17.8. The van der Waals surface area contributed by atoms with E-state index in [1.54, 1.807) is 20.8 Å². The molecule has 0 saturated carbocycles. The SMILES string of the molecule is CC.CCC(C)CCOCCOCCOCC(=O)NCOCCC(=O)OC(C)C.CCOC(=O)CCOCCCOCCC(=O)OC(C)C.[HH]. The predicted molar refractivity (Wildman–Crippen MR) is 188 cm³/mol. The van der Waals surface area contributed by atoms with Gasteiger partial charge >= 0.3 is 17.9 Å². The minimum atomic E-state index is -0.319. The summed E-state index contributed by atoms with van der Waals surface area (Å²) in [6.07, 6.45) is 3.43. The van der Waals surface area contributed by atoms with Crippen LogP contribution >= 0.6 is 0 Å². The van der Waals surface area contributed by atoms with Crippen molar-refractivity contribution < 1.29 is 63.2 Å². The highest BCUT2D eigenvalue weighted by atomic mass is 16.6. The molecule has 0 saturated heterocycles. The van der Waals surface area contributed by atoms with Crippen LogP contribution in [0.4, 0.5) is 0 Å². The third kappa shape index (κ3) is 45.6. The van der Waals surface area contributed by atoms with Crippen molar-refractivity contribution in [2.45, 2.75) is 113 Å². The van der Waals surface area contributed by atoms with E-state index in [2.05, 4.69) is 19.2 Å². The van der Waals surface area contributed by atoms with Gasteiger partial charge < -0.3 is 47.9 Å². The van der Waals surface area contributed by atoms with Crippen molar-refractivity contribution >= 4 is 23.8 Å². The molecule has 14 heteroatoms. The van der Waals surface area contributed by atoms with Crippen LogP contribution in [-0.4, -0.2) is 122 Å². The molecule has 1 N–H and O–H groups in total. The number of carbonyl (C=O) groups is 4. The summed E-state index contributed by atoms with van der Waals surface area (Å²) in [5.74, 6) is -0.399. The molecule has 0 aromatic rings. The van der Waals surface area contributed by atoms with E-state index in [1.807, 2.05) is 27.7 Å². The average Bonchev–Trinajstić information content (AvgIpc) is 3.05. The fourth-order valence-corrected chi connectivity index (χ4v) is 3.16. The van der Waals surface area contributed by atoms with Crippen molar-refractivity contribution in [2.24, 2.45) is 5.92 Å². The second-order valence-corrected chi connectivity index (χ2v) is 10.9. The molecule has 0 aliphatic rings. The Morgan fingerprint density at radius 1 is 0.571 bits per heavy atom. The molecule has 0 spiro atoms. The topological polar surface area (TPSA) is 163 Å². The Bertz CT molecular complexity index is 773. The first-order valence-corrected chi connectivity index (χ1v) is 17.8. The molecule has 0 aromatic carbocycles. The lowest BCUT2D eigenvalue weighted by atomic mass is 10.1. The first-order chi connectivity index (χ1) is 23.5. The van der Waals surface area contributed by atoms with Gasteiger partial charge in [-0.25, -0.2) is 0 Å². The molecule has 0 aliphatic heterocycles. The largest absolute Gasteiger partial charge is 0.466 e. The molecule has 0 aromatic heterocycles. The second-order valence-electron chi connectivity index (χ2n) is 10.9. The Morgan fingerprint density at radius 2 is 1.02 bits per heavy atom. The fourth-order valence-electron chi connectivity index (χ4n) is 3.16. The van der Waals surface area contributed by atoms with Crippen molar-refractivity contribution in [3.63, 3.8) is 0 Å². The van der Waals surface area contributed by atoms with Crippen LogP contribution in [-0.2, 0) is 61.8 Å². The number of esters is 3. The monoisotopic (exact) mass is 713 g/mol. The summed E-state index contributed by atoms with van der Waals surface area (Å²) in [5, 5.41) is 2.54. The van der Waals surface area contributed by atoms with Crippen molar-refractivity contribution in [1.29, 1.82) is 0 Å². The standard InChI is InChI=1S/C19H37NO7.C14H26O6.C2H6.H2/c1-5-17(4)6-8-23-10-11-24-12-13-25-14-18(21)20-15-26-9-7-19(22)27-16(2)3;1-4-19-13(15)6-10-17-8-5-9-18-11-7-14(16)20-12(2)3;1-2;/h16-17H,5-15H2,1-4H3,(H,20,21);12H,4-11H2,1-3H3;1-2H3;1H. The van der Waals surface area contributed by atoms with Crippen molar-refractivity contribution in [1.82, 2.24) is 5.32 Å². The summed E-state index contributed by atoms with van der Waals surface area (Å²) in [6, 6.07) is 0. The Labute approximate surface area is 297 Å². The van der Waals surface area contributed by atoms with Gasteiger partial charge in [0.15, 0.2) is 0 Å². The third-order valence-corrected chi connectivity index (χ3v) is 5.77. The highest BCUT2D eigenvalue weighted by Crippen LogP contribution is 2.05. The van der Waals surface area contributed by atoms with Gasteiger partial charge in [0.05, 0.1) is 84.3 Å². The zero-order chi connectivity index (χ0) is 37.5. The van der Waals surface area contributed by atoms with Crippen molar-refractivity contribution in [3.8, 4) is 0 Å². The number of hydrogen-bond donors (Lipinski definition) is 1. The van der Waals surface area contributed by atoms with Crippen molar-refractivity contribution in [3.05, 3.63) is 0 Å². The van der Waals surface area contributed by atoms with Crippen LogP contribution in [0.3, 0.4) is 0 Å². The molecule has 1 atom stereocenters. The van der Waals surface area contributed by atoms with Gasteiger partial charge in [-0.05, 0) is 53.4 Å². The maximum absolute atomic E-state index is 11.5. The molecule has 0 bridgehead atoms. The van der Waals surface area contributed by atoms with Crippen LogP contribution in [0.5, 0.6) is 0 Å². The van der Waals surface area contributed by atoms with E-state index in [9.17, 15) is 19.2 Å². The molecular formula is C35H71NO13. The molecule has 294 valence electrons.